The van der Waals surface area contributed by atoms with Gasteiger partial charge in [-0.15, -0.1) is 0 Å². The lowest BCUT2D eigenvalue weighted by Gasteiger charge is -2.22. The molecule has 32 heavy (non-hydrogen) atoms. The summed E-state index contributed by atoms with van der Waals surface area (Å²) in [6.07, 6.45) is 2.60. The maximum atomic E-state index is 13.3. The van der Waals surface area contributed by atoms with Crippen LogP contribution in [0.15, 0.2) is 49.1 Å². The van der Waals surface area contributed by atoms with Crippen LogP contribution in [-0.2, 0) is 4.79 Å². The van der Waals surface area contributed by atoms with E-state index in [1.807, 2.05) is 29.8 Å². The molecule has 0 spiro atoms. The van der Waals surface area contributed by atoms with Crippen LogP contribution in [0.5, 0.6) is 0 Å². The van der Waals surface area contributed by atoms with Crippen LogP contribution in [0.4, 0.5) is 14.7 Å². The predicted octanol–water partition coefficient (Wildman–Crippen LogP) is 4.22. The molecule has 1 aliphatic rings. The van der Waals surface area contributed by atoms with E-state index in [9.17, 15) is 13.6 Å². The van der Waals surface area contributed by atoms with Crippen molar-refractivity contribution in [3.63, 3.8) is 0 Å². The largest absolute Gasteiger partial charge is 0.355 e. The van der Waals surface area contributed by atoms with Crippen LogP contribution in [0.1, 0.15) is 37.2 Å². The monoisotopic (exact) mass is 460 g/mol. The molecule has 3 heterocycles. The first-order valence-electron chi connectivity index (χ1n) is 10.3. The molecule has 1 saturated heterocycles. The number of hydrogen-bond donors (Lipinski definition) is 2. The molecular weight excluding hydrogens is 438 g/mol. The van der Waals surface area contributed by atoms with Gasteiger partial charge in [0.25, 0.3) is 0 Å². The van der Waals surface area contributed by atoms with E-state index >= 15 is 0 Å². The Morgan fingerprint density at radius 3 is 2.66 bits per heavy atom. The second-order valence-electron chi connectivity index (χ2n) is 7.93. The number of halogens is 3. The molecule has 168 valence electrons. The minimum Gasteiger partial charge on any atom is -0.355 e. The molecule has 7 nitrogen and oxygen atoms in total. The van der Waals surface area contributed by atoms with Gasteiger partial charge in [-0.1, -0.05) is 18.5 Å². The van der Waals surface area contributed by atoms with Crippen LogP contribution in [0.25, 0.3) is 5.69 Å². The lowest BCUT2D eigenvalue weighted by molar-refractivity contribution is -0.121. The SMILES string of the molecule is C[C@@H](C(F)F)C1CNC(=O)[C@@H]1c1ccnc(N[C@@H](C)c2cn(-c3ccc(Cl)cc3)cn2)n1. The van der Waals surface area contributed by atoms with Crippen molar-refractivity contribution in [2.24, 2.45) is 11.8 Å². The standard InChI is InChI=1S/C22H23ClF2N6O/c1-12(20(24)25)16-9-27-21(32)19(16)17-7-8-26-22(30-17)29-13(2)18-10-31(11-28-18)15-5-3-14(23)4-6-15/h3-8,10-13,16,19-20H,9H2,1-2H3,(H,27,32)(H,26,29,30)/t12-,13+,16?,19+/m1/s1. The second-order valence-corrected chi connectivity index (χ2v) is 8.37. The summed E-state index contributed by atoms with van der Waals surface area (Å²) in [5.74, 6) is -2.18. The van der Waals surface area contributed by atoms with E-state index in [1.54, 1.807) is 24.5 Å². The zero-order chi connectivity index (χ0) is 22.8. The molecular formula is C22H23ClF2N6O. The van der Waals surface area contributed by atoms with E-state index in [-0.39, 0.29) is 18.5 Å². The van der Waals surface area contributed by atoms with Gasteiger partial charge in [0.05, 0.1) is 29.7 Å². The van der Waals surface area contributed by atoms with Gasteiger partial charge in [0.2, 0.25) is 18.3 Å². The molecule has 2 aromatic heterocycles. The Morgan fingerprint density at radius 1 is 1.19 bits per heavy atom. The first-order chi connectivity index (χ1) is 15.3. The number of nitrogens with one attached hydrogen (secondary N) is 2. The summed E-state index contributed by atoms with van der Waals surface area (Å²) in [6.45, 7) is 3.58. The van der Waals surface area contributed by atoms with Gasteiger partial charge in [0, 0.05) is 41.5 Å². The van der Waals surface area contributed by atoms with Crippen LogP contribution >= 0.6 is 11.6 Å². The van der Waals surface area contributed by atoms with Crippen LogP contribution in [0.3, 0.4) is 0 Å². The molecule has 1 aliphatic heterocycles. The highest BCUT2D eigenvalue weighted by molar-refractivity contribution is 6.30. The Balaban J connectivity index is 1.50. The Bertz CT molecular complexity index is 1090. The molecule has 1 unspecified atom stereocenters. The Kier molecular flexibility index (Phi) is 6.36. The van der Waals surface area contributed by atoms with Crippen molar-refractivity contribution in [1.82, 2.24) is 24.8 Å². The number of rotatable bonds is 7. The summed E-state index contributed by atoms with van der Waals surface area (Å²) in [5, 5.41) is 6.52. The van der Waals surface area contributed by atoms with Gasteiger partial charge in [-0.3, -0.25) is 4.79 Å². The van der Waals surface area contributed by atoms with E-state index in [2.05, 4.69) is 25.6 Å². The fraction of sp³-hybridized carbons (Fsp3) is 0.364. The number of imidazole rings is 1. The molecule has 0 saturated carbocycles. The number of anilines is 1. The topological polar surface area (TPSA) is 84.7 Å². The van der Waals surface area contributed by atoms with Gasteiger partial charge < -0.3 is 15.2 Å². The lowest BCUT2D eigenvalue weighted by atomic mass is 9.83. The number of aromatic nitrogens is 4. The first kappa shape index (κ1) is 22.1. The number of hydrogen-bond acceptors (Lipinski definition) is 5. The van der Waals surface area contributed by atoms with Gasteiger partial charge in [0.1, 0.15) is 0 Å². The van der Waals surface area contributed by atoms with Gasteiger partial charge >= 0.3 is 0 Å². The molecule has 0 radical (unpaired) electrons. The number of benzene rings is 1. The van der Waals surface area contributed by atoms with E-state index in [0.29, 0.717) is 16.7 Å². The number of alkyl halides is 2. The second kappa shape index (κ2) is 9.20. The van der Waals surface area contributed by atoms with Crippen LogP contribution in [0.2, 0.25) is 5.02 Å². The lowest BCUT2D eigenvalue weighted by Crippen LogP contribution is -2.26. The molecule has 1 amide bonds. The molecule has 2 N–H and O–H groups in total. The Labute approximate surface area is 189 Å². The van der Waals surface area contributed by atoms with Crippen molar-refractivity contribution in [2.75, 3.05) is 11.9 Å². The average Bonchev–Trinajstić information content (AvgIpc) is 3.41. The van der Waals surface area contributed by atoms with Crippen molar-refractivity contribution in [2.45, 2.75) is 32.2 Å². The van der Waals surface area contributed by atoms with Crippen molar-refractivity contribution in [1.29, 1.82) is 0 Å². The minimum atomic E-state index is -2.51. The quantitative estimate of drug-likeness (QED) is 0.551. The smallest absolute Gasteiger partial charge is 0.241 e. The number of carbonyl (C=O) groups excluding carboxylic acids is 1. The fourth-order valence-electron chi connectivity index (χ4n) is 3.87. The molecule has 1 aromatic carbocycles. The van der Waals surface area contributed by atoms with Gasteiger partial charge in [-0.25, -0.2) is 23.7 Å². The van der Waals surface area contributed by atoms with Gasteiger partial charge in [0.15, 0.2) is 0 Å². The maximum Gasteiger partial charge on any atom is 0.241 e. The summed E-state index contributed by atoms with van der Waals surface area (Å²) in [4.78, 5) is 25.5. The van der Waals surface area contributed by atoms with E-state index in [0.717, 1.165) is 11.4 Å². The summed E-state index contributed by atoms with van der Waals surface area (Å²) in [7, 11) is 0. The van der Waals surface area contributed by atoms with Crippen molar-refractivity contribution < 1.29 is 13.6 Å². The third-order valence-electron chi connectivity index (χ3n) is 5.81. The zero-order valence-electron chi connectivity index (χ0n) is 17.5. The third-order valence-corrected chi connectivity index (χ3v) is 6.06. The molecule has 3 aromatic rings. The molecule has 4 rings (SSSR count). The summed E-state index contributed by atoms with van der Waals surface area (Å²) >= 11 is 5.94. The zero-order valence-corrected chi connectivity index (χ0v) is 18.3. The van der Waals surface area contributed by atoms with Gasteiger partial charge in [-0.05, 0) is 37.3 Å². The summed E-state index contributed by atoms with van der Waals surface area (Å²) in [5.41, 5.74) is 2.11. The normalized spacial score (nSPS) is 20.2. The van der Waals surface area contributed by atoms with E-state index < -0.39 is 24.2 Å². The highest BCUT2D eigenvalue weighted by Crippen LogP contribution is 2.36. The van der Waals surface area contributed by atoms with Crippen molar-refractivity contribution in [3.8, 4) is 5.69 Å². The van der Waals surface area contributed by atoms with Crippen LogP contribution < -0.4 is 10.6 Å². The summed E-state index contributed by atoms with van der Waals surface area (Å²) < 4.78 is 28.4. The minimum absolute atomic E-state index is 0.209. The summed E-state index contributed by atoms with van der Waals surface area (Å²) in [6, 6.07) is 8.76. The number of nitrogens with zero attached hydrogens (tertiary/aromatic N) is 4. The van der Waals surface area contributed by atoms with Crippen LogP contribution in [0, 0.1) is 11.8 Å². The highest BCUT2D eigenvalue weighted by atomic mass is 35.5. The van der Waals surface area contributed by atoms with Crippen molar-refractivity contribution >= 4 is 23.5 Å². The average molecular weight is 461 g/mol. The fourth-order valence-corrected chi connectivity index (χ4v) is 4.00. The van der Waals surface area contributed by atoms with Gasteiger partial charge in [-0.2, -0.15) is 0 Å². The van der Waals surface area contributed by atoms with E-state index in [1.165, 1.54) is 13.1 Å². The third kappa shape index (κ3) is 4.57. The van der Waals surface area contributed by atoms with Crippen molar-refractivity contribution in [3.05, 3.63) is 65.5 Å². The first-order valence-corrected chi connectivity index (χ1v) is 10.7. The molecule has 10 heteroatoms. The molecule has 0 aliphatic carbocycles. The molecule has 1 fully saturated rings. The predicted molar refractivity (Wildman–Crippen MR) is 117 cm³/mol. The number of carbonyl (C=O) groups is 1. The molecule has 0 bridgehead atoms. The maximum absolute atomic E-state index is 13.3. The highest BCUT2D eigenvalue weighted by Gasteiger charge is 2.42. The van der Waals surface area contributed by atoms with Crippen LogP contribution in [-0.4, -0.2) is 38.4 Å². The Hall–Kier alpha value is -3.07. The number of amides is 1. The molecule has 4 atom stereocenters. The van der Waals surface area contributed by atoms with E-state index in [4.69, 9.17) is 11.6 Å². The Morgan fingerprint density at radius 2 is 1.94 bits per heavy atom.